The van der Waals surface area contributed by atoms with Crippen LogP contribution in [0.3, 0.4) is 0 Å². The Hall–Kier alpha value is -2.54. The molecular weight excluding hydrogens is 401 g/mol. The smallest absolute Gasteiger partial charge is 0.357 e. The maximum absolute atomic E-state index is 11.9. The zero-order valence-corrected chi connectivity index (χ0v) is 13.5. The molecule has 1 heterocycles. The molecule has 2 aromatic rings. The van der Waals surface area contributed by atoms with Gasteiger partial charge in [0, 0.05) is 9.77 Å². The van der Waals surface area contributed by atoms with Crippen molar-refractivity contribution in [3.63, 3.8) is 0 Å². The number of hydrogen-bond donors (Lipinski definition) is 2. The lowest BCUT2D eigenvalue weighted by molar-refractivity contribution is 0.0591. The number of esters is 1. The lowest BCUT2D eigenvalue weighted by Gasteiger charge is -2.11. The third-order valence-corrected chi connectivity index (χ3v) is 3.66. The van der Waals surface area contributed by atoms with Gasteiger partial charge in [-0.1, -0.05) is 0 Å². The molecule has 0 unspecified atom stereocenters. The lowest BCUT2D eigenvalue weighted by atomic mass is 10.1. The number of ether oxygens (including phenoxy) is 1. The number of rotatable bonds is 3. The summed E-state index contributed by atoms with van der Waals surface area (Å²) >= 11 is 1.98. The van der Waals surface area contributed by atoms with Crippen molar-refractivity contribution < 1.29 is 19.4 Å². The van der Waals surface area contributed by atoms with E-state index >= 15 is 0 Å². The minimum absolute atomic E-state index is 0.0171. The number of methoxy groups -OCH3 is 1. The van der Waals surface area contributed by atoms with Crippen LogP contribution in [0, 0.1) is 14.9 Å². The van der Waals surface area contributed by atoms with Gasteiger partial charge < -0.3 is 20.1 Å². The average molecular weight is 411 g/mol. The summed E-state index contributed by atoms with van der Waals surface area (Å²) in [5, 5.41) is 18.4. The Morgan fingerprint density at radius 1 is 1.45 bits per heavy atom. The summed E-state index contributed by atoms with van der Waals surface area (Å²) in [5.74, 6) is -1.91. The van der Waals surface area contributed by atoms with E-state index in [4.69, 9.17) is 11.0 Å². The standard InChI is InChI=1S/C14H10IN3O4/c1-22-14(21)12-11(17)7(5-16)6-18(12)10-3-2-8(15)4-9(10)13(19)20/h2-4,6H,17H2,1H3,(H,19,20). The Bertz CT molecular complexity index is 820. The number of halogens is 1. The molecule has 0 aliphatic rings. The number of nitrogens with two attached hydrogens (primary N) is 1. The van der Waals surface area contributed by atoms with Crippen LogP contribution in [0.2, 0.25) is 0 Å². The van der Waals surface area contributed by atoms with Gasteiger partial charge in [-0.2, -0.15) is 5.26 Å². The van der Waals surface area contributed by atoms with E-state index in [1.54, 1.807) is 6.07 Å². The number of carboxylic acids is 1. The van der Waals surface area contributed by atoms with Gasteiger partial charge in [-0.25, -0.2) is 9.59 Å². The number of hydrogen-bond acceptors (Lipinski definition) is 5. The molecule has 0 fully saturated rings. The van der Waals surface area contributed by atoms with Crippen molar-refractivity contribution >= 4 is 40.2 Å². The van der Waals surface area contributed by atoms with Gasteiger partial charge >= 0.3 is 11.9 Å². The minimum Gasteiger partial charge on any atom is -0.478 e. The lowest BCUT2D eigenvalue weighted by Crippen LogP contribution is -2.13. The number of nitrogen functional groups attached to an aromatic ring is 1. The summed E-state index contributed by atoms with van der Waals surface area (Å²) in [5.41, 5.74) is 5.93. The highest BCUT2D eigenvalue weighted by molar-refractivity contribution is 14.1. The molecule has 1 aromatic carbocycles. The first-order valence-electron chi connectivity index (χ1n) is 5.93. The first kappa shape index (κ1) is 15.8. The molecule has 2 rings (SSSR count). The molecule has 8 heteroatoms. The van der Waals surface area contributed by atoms with Gasteiger partial charge in [0.15, 0.2) is 5.69 Å². The highest BCUT2D eigenvalue weighted by atomic mass is 127. The number of aromatic nitrogens is 1. The van der Waals surface area contributed by atoms with Crippen molar-refractivity contribution in [3.05, 3.63) is 44.8 Å². The van der Waals surface area contributed by atoms with Crippen LogP contribution in [0.15, 0.2) is 24.4 Å². The summed E-state index contributed by atoms with van der Waals surface area (Å²) in [7, 11) is 1.18. The molecule has 0 saturated carbocycles. The third kappa shape index (κ3) is 2.62. The second-order valence-corrected chi connectivity index (χ2v) is 5.49. The van der Waals surface area contributed by atoms with Gasteiger partial charge in [0.2, 0.25) is 0 Å². The Morgan fingerprint density at radius 2 is 2.14 bits per heavy atom. The summed E-state index contributed by atoms with van der Waals surface area (Å²) in [4.78, 5) is 23.4. The van der Waals surface area contributed by atoms with Crippen molar-refractivity contribution in [2.24, 2.45) is 0 Å². The number of benzene rings is 1. The van der Waals surface area contributed by atoms with Gasteiger partial charge in [0.25, 0.3) is 0 Å². The maximum Gasteiger partial charge on any atom is 0.357 e. The molecule has 22 heavy (non-hydrogen) atoms. The van der Waals surface area contributed by atoms with Gasteiger partial charge in [0.05, 0.1) is 29.6 Å². The van der Waals surface area contributed by atoms with E-state index < -0.39 is 11.9 Å². The van der Waals surface area contributed by atoms with Gasteiger partial charge in [-0.05, 0) is 40.8 Å². The fraction of sp³-hybridized carbons (Fsp3) is 0.0714. The normalized spacial score (nSPS) is 10.0. The molecule has 0 aliphatic carbocycles. The molecule has 0 bridgehead atoms. The topological polar surface area (TPSA) is 118 Å². The molecule has 0 aliphatic heterocycles. The zero-order chi connectivity index (χ0) is 16.4. The predicted molar refractivity (Wildman–Crippen MR) is 85.9 cm³/mol. The molecule has 0 saturated heterocycles. The van der Waals surface area contributed by atoms with E-state index in [0.717, 1.165) is 3.57 Å². The summed E-state index contributed by atoms with van der Waals surface area (Å²) in [6.45, 7) is 0. The average Bonchev–Trinajstić information content (AvgIpc) is 2.83. The molecule has 1 aromatic heterocycles. The van der Waals surface area contributed by atoms with Gasteiger partial charge in [0.1, 0.15) is 6.07 Å². The van der Waals surface area contributed by atoms with Gasteiger partial charge in [-0.3, -0.25) is 0 Å². The van der Waals surface area contributed by atoms with E-state index in [0.29, 0.717) is 0 Å². The number of carbonyl (C=O) groups is 2. The fourth-order valence-electron chi connectivity index (χ4n) is 1.99. The maximum atomic E-state index is 11.9. The Balaban J connectivity index is 2.81. The third-order valence-electron chi connectivity index (χ3n) is 2.99. The Labute approximate surface area is 139 Å². The van der Waals surface area contributed by atoms with Crippen LogP contribution in [0.5, 0.6) is 0 Å². The second kappa shape index (κ2) is 6.07. The Kier molecular flexibility index (Phi) is 4.37. The van der Waals surface area contributed by atoms with Gasteiger partial charge in [-0.15, -0.1) is 0 Å². The quantitative estimate of drug-likeness (QED) is 0.590. The minimum atomic E-state index is -1.16. The van der Waals surface area contributed by atoms with Crippen molar-refractivity contribution in [2.75, 3.05) is 12.8 Å². The Morgan fingerprint density at radius 3 is 2.68 bits per heavy atom. The van der Waals surface area contributed by atoms with Crippen molar-refractivity contribution in [3.8, 4) is 11.8 Å². The van der Waals surface area contributed by atoms with E-state index in [1.165, 1.54) is 30.0 Å². The summed E-state index contributed by atoms with van der Waals surface area (Å²) < 4.78 is 6.65. The molecule has 0 spiro atoms. The van der Waals surface area contributed by atoms with Crippen molar-refractivity contribution in [2.45, 2.75) is 0 Å². The summed E-state index contributed by atoms with van der Waals surface area (Å²) in [6, 6.07) is 6.55. The van der Waals surface area contributed by atoms with Crippen LogP contribution in [0.25, 0.3) is 5.69 Å². The molecule has 0 atom stereocenters. The van der Waals surface area contributed by atoms with E-state index in [1.807, 2.05) is 28.7 Å². The highest BCUT2D eigenvalue weighted by Gasteiger charge is 2.24. The van der Waals surface area contributed by atoms with Crippen molar-refractivity contribution in [1.29, 1.82) is 5.26 Å². The number of carboxylic acid groups (broad SMARTS) is 1. The number of nitrogens with zero attached hydrogens (tertiary/aromatic N) is 2. The van der Waals surface area contributed by atoms with E-state index in [-0.39, 0.29) is 28.2 Å². The van der Waals surface area contributed by atoms with E-state index in [2.05, 4.69) is 4.74 Å². The monoisotopic (exact) mass is 411 g/mol. The van der Waals surface area contributed by atoms with Crippen molar-refractivity contribution in [1.82, 2.24) is 4.57 Å². The number of aromatic carboxylic acids is 1. The fourth-order valence-corrected chi connectivity index (χ4v) is 2.49. The molecule has 0 amide bonds. The number of carbonyl (C=O) groups excluding carboxylic acids is 1. The molecule has 112 valence electrons. The number of anilines is 1. The highest BCUT2D eigenvalue weighted by Crippen LogP contribution is 2.27. The van der Waals surface area contributed by atoms with Crippen LogP contribution in [-0.4, -0.2) is 28.7 Å². The molecular formula is C14H10IN3O4. The predicted octanol–water partition coefficient (Wildman–Crippen LogP) is 2.02. The van der Waals surface area contributed by atoms with Crippen LogP contribution >= 0.6 is 22.6 Å². The zero-order valence-electron chi connectivity index (χ0n) is 11.3. The first-order valence-corrected chi connectivity index (χ1v) is 7.01. The molecule has 0 radical (unpaired) electrons. The van der Waals surface area contributed by atoms with Crippen LogP contribution < -0.4 is 5.73 Å². The SMILES string of the molecule is COC(=O)c1c(N)c(C#N)cn1-c1ccc(I)cc1C(=O)O. The van der Waals surface area contributed by atoms with Crippen LogP contribution in [0.4, 0.5) is 5.69 Å². The number of nitriles is 1. The second-order valence-electron chi connectivity index (χ2n) is 4.25. The largest absolute Gasteiger partial charge is 0.478 e. The van der Waals surface area contributed by atoms with Crippen LogP contribution in [-0.2, 0) is 4.74 Å². The first-order chi connectivity index (χ1) is 10.4. The van der Waals surface area contributed by atoms with Crippen LogP contribution in [0.1, 0.15) is 26.4 Å². The molecule has 7 nitrogen and oxygen atoms in total. The molecule has 3 N–H and O–H groups in total. The van der Waals surface area contributed by atoms with E-state index in [9.17, 15) is 14.7 Å². The summed E-state index contributed by atoms with van der Waals surface area (Å²) in [6.07, 6.45) is 1.32.